The van der Waals surface area contributed by atoms with Crippen molar-refractivity contribution in [3.8, 4) is 11.1 Å². The molecule has 0 unspecified atom stereocenters. The molecule has 0 saturated heterocycles. The number of aromatic nitrogens is 1. The molecule has 0 radical (unpaired) electrons. The topological polar surface area (TPSA) is 50.3 Å². The van der Waals surface area contributed by atoms with E-state index in [2.05, 4.69) is 65.6 Å². The van der Waals surface area contributed by atoms with Gasteiger partial charge in [-0.15, -0.1) is 0 Å². The van der Waals surface area contributed by atoms with Crippen molar-refractivity contribution in [2.24, 2.45) is 0 Å². The maximum atomic E-state index is 14.0. The van der Waals surface area contributed by atoms with E-state index in [1.165, 1.54) is 11.1 Å². The molecule has 0 fully saturated rings. The summed E-state index contributed by atoms with van der Waals surface area (Å²) in [4.78, 5) is 7.63. The highest BCUT2D eigenvalue weighted by Gasteiger charge is 2.54. The molecular weight excluding hydrogens is 464 g/mol. The average Bonchev–Trinajstić information content (AvgIpc) is 3.19. The molecular formula is C31H20N2O2S. The zero-order chi connectivity index (χ0) is 24.2. The molecule has 3 aliphatic rings. The van der Waals surface area contributed by atoms with E-state index in [9.17, 15) is 8.42 Å². The van der Waals surface area contributed by atoms with Gasteiger partial charge in [0.1, 0.15) is 5.82 Å². The number of hydrogen-bond donors (Lipinski definition) is 0. The van der Waals surface area contributed by atoms with Crippen LogP contribution < -0.4 is 4.90 Å². The van der Waals surface area contributed by atoms with Gasteiger partial charge in [0.25, 0.3) is 0 Å². The summed E-state index contributed by atoms with van der Waals surface area (Å²) in [6.45, 7) is 1.99. The van der Waals surface area contributed by atoms with Gasteiger partial charge in [-0.1, -0.05) is 72.8 Å². The third kappa shape index (κ3) is 2.12. The molecule has 36 heavy (non-hydrogen) atoms. The molecule has 1 aromatic heterocycles. The molecule has 1 spiro atoms. The molecule has 5 aromatic rings. The van der Waals surface area contributed by atoms with Gasteiger partial charge in [-0.25, -0.2) is 13.4 Å². The monoisotopic (exact) mass is 484 g/mol. The molecule has 4 nitrogen and oxygen atoms in total. The first-order valence-corrected chi connectivity index (χ1v) is 13.5. The fourth-order valence-corrected chi connectivity index (χ4v) is 8.21. The normalized spacial score (nSPS) is 16.5. The van der Waals surface area contributed by atoms with Gasteiger partial charge in [-0.05, 0) is 64.6 Å². The molecule has 0 N–H and O–H groups in total. The third-order valence-corrected chi connectivity index (χ3v) is 9.75. The van der Waals surface area contributed by atoms with Gasteiger partial charge in [0.05, 0.1) is 26.6 Å². The van der Waals surface area contributed by atoms with Gasteiger partial charge in [-0.2, -0.15) is 0 Å². The molecule has 0 saturated carbocycles. The van der Waals surface area contributed by atoms with Crippen molar-refractivity contribution >= 4 is 27.0 Å². The predicted molar refractivity (Wildman–Crippen MR) is 140 cm³/mol. The van der Waals surface area contributed by atoms with E-state index in [-0.39, 0.29) is 0 Å². The Morgan fingerprint density at radius 1 is 0.694 bits per heavy atom. The number of rotatable bonds is 0. The molecule has 1 aliphatic carbocycles. The second-order valence-electron chi connectivity index (χ2n) is 9.68. The van der Waals surface area contributed by atoms with Crippen LogP contribution in [0.1, 0.15) is 27.8 Å². The first kappa shape index (κ1) is 20.0. The molecule has 2 aliphatic heterocycles. The molecule has 172 valence electrons. The van der Waals surface area contributed by atoms with Crippen LogP contribution in [0.2, 0.25) is 0 Å². The largest absolute Gasteiger partial charge is 0.292 e. The zero-order valence-corrected chi connectivity index (χ0v) is 20.3. The molecule has 4 aromatic carbocycles. The van der Waals surface area contributed by atoms with Crippen molar-refractivity contribution < 1.29 is 8.42 Å². The maximum absolute atomic E-state index is 14.0. The van der Waals surface area contributed by atoms with Crippen LogP contribution in [0.5, 0.6) is 0 Å². The van der Waals surface area contributed by atoms with Crippen LogP contribution in [0.3, 0.4) is 0 Å². The number of hydrogen-bond acceptors (Lipinski definition) is 4. The van der Waals surface area contributed by atoms with Crippen molar-refractivity contribution in [3.63, 3.8) is 0 Å². The number of sulfone groups is 1. The van der Waals surface area contributed by atoms with Gasteiger partial charge in [0, 0.05) is 11.8 Å². The maximum Gasteiger partial charge on any atom is 0.210 e. The molecule has 0 amide bonds. The first-order valence-electron chi connectivity index (χ1n) is 12.0. The Labute approximate surface area is 209 Å². The van der Waals surface area contributed by atoms with Crippen molar-refractivity contribution in [2.45, 2.75) is 22.1 Å². The number of para-hydroxylation sites is 1. The SMILES string of the molecule is Cc1ccc2c(c1)N1c3ncccc3C3(c4ccccc4-c4ccccc43)c3cccc(c31)S2(=O)=O. The second kappa shape index (κ2) is 6.50. The summed E-state index contributed by atoms with van der Waals surface area (Å²) >= 11 is 0. The minimum atomic E-state index is -3.72. The van der Waals surface area contributed by atoms with Crippen LogP contribution in [-0.2, 0) is 15.3 Å². The lowest BCUT2D eigenvalue weighted by molar-refractivity contribution is 0.593. The summed E-state index contributed by atoms with van der Waals surface area (Å²) in [5.74, 6) is 0.769. The molecule has 5 heteroatoms. The number of fused-ring (bicyclic) bond motifs is 11. The minimum absolute atomic E-state index is 0.317. The highest BCUT2D eigenvalue weighted by Crippen LogP contribution is 2.65. The molecule has 0 atom stereocenters. The second-order valence-corrected chi connectivity index (χ2v) is 11.6. The van der Waals surface area contributed by atoms with E-state index >= 15 is 0 Å². The van der Waals surface area contributed by atoms with Crippen LogP contribution in [0.25, 0.3) is 11.1 Å². The van der Waals surface area contributed by atoms with E-state index in [1.807, 2.05) is 31.2 Å². The van der Waals surface area contributed by atoms with Crippen molar-refractivity contribution in [1.82, 2.24) is 4.98 Å². The molecule has 0 bridgehead atoms. The van der Waals surface area contributed by atoms with Crippen LogP contribution >= 0.6 is 0 Å². The Morgan fingerprint density at radius 3 is 2.11 bits per heavy atom. The number of nitrogens with zero attached hydrogens (tertiary/aromatic N) is 2. The van der Waals surface area contributed by atoms with Gasteiger partial charge in [0.2, 0.25) is 9.84 Å². The van der Waals surface area contributed by atoms with Gasteiger partial charge in [0.15, 0.2) is 0 Å². The van der Waals surface area contributed by atoms with E-state index in [0.717, 1.165) is 33.6 Å². The van der Waals surface area contributed by atoms with Crippen LogP contribution in [0.4, 0.5) is 17.2 Å². The fraction of sp³-hybridized carbons (Fsp3) is 0.0645. The van der Waals surface area contributed by atoms with E-state index in [4.69, 9.17) is 4.98 Å². The van der Waals surface area contributed by atoms with Gasteiger partial charge < -0.3 is 0 Å². The summed E-state index contributed by atoms with van der Waals surface area (Å²) < 4.78 is 28.0. The smallest absolute Gasteiger partial charge is 0.210 e. The zero-order valence-electron chi connectivity index (χ0n) is 19.4. The number of aryl methyl sites for hydroxylation is 1. The number of pyridine rings is 1. The summed E-state index contributed by atoms with van der Waals surface area (Å²) in [6.07, 6.45) is 1.80. The highest BCUT2D eigenvalue weighted by atomic mass is 32.2. The van der Waals surface area contributed by atoms with Crippen LogP contribution in [0, 0.1) is 6.92 Å². The van der Waals surface area contributed by atoms with Crippen LogP contribution in [0.15, 0.2) is 113 Å². The predicted octanol–water partition coefficient (Wildman–Crippen LogP) is 6.68. The Balaban J connectivity index is 1.62. The highest BCUT2D eigenvalue weighted by molar-refractivity contribution is 7.92. The Kier molecular flexibility index (Phi) is 3.62. The van der Waals surface area contributed by atoms with Crippen molar-refractivity contribution in [1.29, 1.82) is 0 Å². The summed E-state index contributed by atoms with van der Waals surface area (Å²) in [5, 5.41) is 0. The number of anilines is 3. The minimum Gasteiger partial charge on any atom is -0.292 e. The van der Waals surface area contributed by atoms with Gasteiger partial charge in [-0.3, -0.25) is 4.90 Å². The Morgan fingerprint density at radius 2 is 1.36 bits per heavy atom. The van der Waals surface area contributed by atoms with Gasteiger partial charge >= 0.3 is 0 Å². The third-order valence-electron chi connectivity index (χ3n) is 7.92. The first-order chi connectivity index (χ1) is 17.5. The Bertz CT molecular complexity index is 1850. The van der Waals surface area contributed by atoms with E-state index in [1.54, 1.807) is 18.3 Å². The summed E-state index contributed by atoms with van der Waals surface area (Å²) in [6, 6.07) is 32.3. The van der Waals surface area contributed by atoms with Crippen LogP contribution in [-0.4, -0.2) is 13.4 Å². The van der Waals surface area contributed by atoms with E-state index in [0.29, 0.717) is 21.2 Å². The van der Waals surface area contributed by atoms with E-state index < -0.39 is 15.3 Å². The summed E-state index contributed by atoms with van der Waals surface area (Å²) in [5.41, 5.74) is 8.36. The van der Waals surface area contributed by atoms with Crippen molar-refractivity contribution in [2.75, 3.05) is 4.90 Å². The molecule has 8 rings (SSSR count). The number of benzene rings is 4. The Hall–Kier alpha value is -4.22. The lowest BCUT2D eigenvalue weighted by Crippen LogP contribution is -2.39. The summed E-state index contributed by atoms with van der Waals surface area (Å²) in [7, 11) is -3.72. The molecule has 3 heterocycles. The lowest BCUT2D eigenvalue weighted by Gasteiger charge is -2.46. The average molecular weight is 485 g/mol. The fourth-order valence-electron chi connectivity index (χ4n) is 6.59. The lowest BCUT2D eigenvalue weighted by atomic mass is 9.65. The standard InChI is InChI=1S/C31H20N2O2S/c1-19-15-16-27-26(18-19)33-29-24(12-6-14-28(29)36(27,34)35)31(25-13-7-17-32-30(25)33)22-10-4-2-8-20(22)21-9-3-5-11-23(21)31/h2-18H,1H3. The quantitative estimate of drug-likeness (QED) is 0.241. The van der Waals surface area contributed by atoms with Crippen molar-refractivity contribution in [3.05, 3.63) is 131 Å².